The highest BCUT2D eigenvalue weighted by Gasteiger charge is 2.48. The SMILES string of the molecule is C1SC1C1SC(C2CS2)SC(C2CS2)S1. The zero-order chi connectivity index (χ0) is 9.83. The van der Waals surface area contributed by atoms with E-state index in [0.29, 0.717) is 0 Å². The number of thioether (sulfide) groups is 6. The molecule has 0 spiro atoms. The van der Waals surface area contributed by atoms with Crippen molar-refractivity contribution in [3.63, 3.8) is 0 Å². The fraction of sp³-hybridized carbons (Fsp3) is 1.00. The molecule has 15 heavy (non-hydrogen) atoms. The first-order chi connectivity index (χ1) is 7.40. The Labute approximate surface area is 116 Å². The average molecular weight is 313 g/mol. The van der Waals surface area contributed by atoms with Crippen LogP contribution in [0.4, 0.5) is 0 Å². The fourth-order valence-corrected chi connectivity index (χ4v) is 12.3. The summed E-state index contributed by atoms with van der Waals surface area (Å²) < 4.78 is 2.77. The van der Waals surface area contributed by atoms with Crippen molar-refractivity contribution in [3.8, 4) is 0 Å². The molecule has 4 fully saturated rings. The van der Waals surface area contributed by atoms with Gasteiger partial charge in [-0.25, -0.2) is 0 Å². The summed E-state index contributed by atoms with van der Waals surface area (Å²) in [7, 11) is 0. The second-order valence-electron chi connectivity index (χ2n) is 4.13. The lowest BCUT2D eigenvalue weighted by Crippen LogP contribution is -2.26. The van der Waals surface area contributed by atoms with Crippen molar-refractivity contribution in [3.05, 3.63) is 0 Å². The van der Waals surface area contributed by atoms with Crippen molar-refractivity contribution in [2.45, 2.75) is 29.5 Å². The summed E-state index contributed by atoms with van der Waals surface area (Å²) in [6.07, 6.45) is 0. The van der Waals surface area contributed by atoms with Crippen LogP contribution in [0.1, 0.15) is 0 Å². The summed E-state index contributed by atoms with van der Waals surface area (Å²) in [5.41, 5.74) is 0. The molecule has 0 aromatic rings. The van der Waals surface area contributed by atoms with Gasteiger partial charge in [0.2, 0.25) is 0 Å². The van der Waals surface area contributed by atoms with E-state index >= 15 is 0 Å². The van der Waals surface area contributed by atoms with E-state index in [-0.39, 0.29) is 0 Å². The lowest BCUT2D eigenvalue weighted by atomic mass is 10.5. The van der Waals surface area contributed by atoms with Crippen molar-refractivity contribution in [2.24, 2.45) is 0 Å². The van der Waals surface area contributed by atoms with Crippen molar-refractivity contribution in [2.75, 3.05) is 17.3 Å². The van der Waals surface area contributed by atoms with E-state index in [2.05, 4.69) is 70.6 Å². The van der Waals surface area contributed by atoms with Crippen LogP contribution in [-0.2, 0) is 0 Å². The van der Waals surface area contributed by atoms with Crippen LogP contribution in [-0.4, -0.2) is 46.8 Å². The fourth-order valence-electron chi connectivity index (χ4n) is 1.66. The predicted molar refractivity (Wildman–Crippen MR) is 82.9 cm³/mol. The van der Waals surface area contributed by atoms with Crippen molar-refractivity contribution >= 4 is 70.6 Å². The Morgan fingerprint density at radius 3 is 1.00 bits per heavy atom. The molecule has 0 bridgehead atoms. The molecule has 4 aliphatic rings. The van der Waals surface area contributed by atoms with Gasteiger partial charge in [0.25, 0.3) is 0 Å². The summed E-state index contributed by atoms with van der Waals surface area (Å²) in [6, 6.07) is 0. The molecule has 0 aromatic heterocycles. The molecular formula is C9H12S6. The van der Waals surface area contributed by atoms with Crippen LogP contribution in [0.3, 0.4) is 0 Å². The lowest BCUT2D eigenvalue weighted by molar-refractivity contribution is 1.11. The van der Waals surface area contributed by atoms with Gasteiger partial charge in [-0.05, 0) is 0 Å². The Morgan fingerprint density at radius 1 is 0.533 bits per heavy atom. The standard InChI is InChI=1S/C9H12S6/c1-4(10-1)7-13-8(5-2-11-5)15-9(14-7)6-3-12-6/h4-9H,1-3H2. The molecule has 4 rings (SSSR count). The van der Waals surface area contributed by atoms with Gasteiger partial charge in [0, 0.05) is 33.0 Å². The molecule has 84 valence electrons. The minimum Gasteiger partial charge on any atom is -0.154 e. The Hall–Kier alpha value is 2.10. The monoisotopic (exact) mass is 312 g/mol. The van der Waals surface area contributed by atoms with Crippen LogP contribution >= 0.6 is 70.6 Å². The van der Waals surface area contributed by atoms with Crippen LogP contribution in [0.15, 0.2) is 0 Å². The second-order valence-corrected chi connectivity index (χ2v) is 12.7. The molecule has 0 N–H and O–H groups in total. The maximum Gasteiger partial charge on any atom is 0.0652 e. The number of hydrogen-bond acceptors (Lipinski definition) is 6. The smallest absolute Gasteiger partial charge is 0.0652 e. The van der Waals surface area contributed by atoms with Crippen molar-refractivity contribution in [1.29, 1.82) is 0 Å². The quantitative estimate of drug-likeness (QED) is 0.726. The van der Waals surface area contributed by atoms with E-state index in [9.17, 15) is 0 Å². The summed E-state index contributed by atoms with van der Waals surface area (Å²) in [5.74, 6) is 4.30. The maximum absolute atomic E-state index is 2.30. The lowest BCUT2D eigenvalue weighted by Gasteiger charge is -2.33. The molecule has 0 nitrogen and oxygen atoms in total. The van der Waals surface area contributed by atoms with Gasteiger partial charge >= 0.3 is 0 Å². The van der Waals surface area contributed by atoms with E-state index in [0.717, 1.165) is 29.5 Å². The van der Waals surface area contributed by atoms with Gasteiger partial charge in [-0.2, -0.15) is 35.3 Å². The van der Waals surface area contributed by atoms with Crippen LogP contribution in [0, 0.1) is 0 Å². The Kier molecular flexibility index (Phi) is 3.17. The van der Waals surface area contributed by atoms with Gasteiger partial charge in [0.1, 0.15) is 0 Å². The van der Waals surface area contributed by atoms with Gasteiger partial charge in [-0.3, -0.25) is 0 Å². The molecular weight excluding hydrogens is 301 g/mol. The molecule has 6 heteroatoms. The highest BCUT2D eigenvalue weighted by molar-refractivity contribution is 8.35. The highest BCUT2D eigenvalue weighted by atomic mass is 32.3. The first kappa shape index (κ1) is 11.0. The topological polar surface area (TPSA) is 0 Å². The molecule has 4 aliphatic heterocycles. The third kappa shape index (κ3) is 2.60. The van der Waals surface area contributed by atoms with Crippen LogP contribution in [0.2, 0.25) is 0 Å². The largest absolute Gasteiger partial charge is 0.154 e. The predicted octanol–water partition coefficient (Wildman–Crippen LogP) is 3.52. The molecule has 3 unspecified atom stereocenters. The average Bonchev–Trinajstić information content (AvgIpc) is 3.20. The number of hydrogen-bond donors (Lipinski definition) is 0. The summed E-state index contributed by atoms with van der Waals surface area (Å²) in [4.78, 5) is 0. The zero-order valence-corrected chi connectivity index (χ0v) is 12.9. The van der Waals surface area contributed by atoms with Gasteiger partial charge < -0.3 is 0 Å². The van der Waals surface area contributed by atoms with Crippen LogP contribution in [0.5, 0.6) is 0 Å². The molecule has 3 atom stereocenters. The Balaban J connectivity index is 1.46. The van der Waals surface area contributed by atoms with Gasteiger partial charge in [0.05, 0.1) is 13.7 Å². The molecule has 0 saturated carbocycles. The van der Waals surface area contributed by atoms with Gasteiger partial charge in [-0.15, -0.1) is 35.3 Å². The zero-order valence-electron chi connectivity index (χ0n) is 8.03. The molecule has 0 radical (unpaired) electrons. The number of rotatable bonds is 3. The van der Waals surface area contributed by atoms with Crippen LogP contribution in [0.25, 0.3) is 0 Å². The Morgan fingerprint density at radius 2 is 0.800 bits per heavy atom. The maximum atomic E-state index is 2.30. The third-order valence-electron chi connectivity index (χ3n) is 2.79. The molecule has 4 heterocycles. The van der Waals surface area contributed by atoms with Gasteiger partial charge in [0.15, 0.2) is 0 Å². The van der Waals surface area contributed by atoms with Crippen molar-refractivity contribution < 1.29 is 0 Å². The van der Waals surface area contributed by atoms with E-state index < -0.39 is 0 Å². The van der Waals surface area contributed by atoms with E-state index in [1.165, 1.54) is 17.3 Å². The van der Waals surface area contributed by atoms with Gasteiger partial charge in [-0.1, -0.05) is 0 Å². The molecule has 0 amide bonds. The molecule has 0 aliphatic carbocycles. The minimum atomic E-state index is 0.925. The van der Waals surface area contributed by atoms with E-state index in [1.54, 1.807) is 0 Å². The second kappa shape index (κ2) is 4.34. The normalized spacial score (nSPS) is 57.6. The van der Waals surface area contributed by atoms with Crippen molar-refractivity contribution in [1.82, 2.24) is 0 Å². The van der Waals surface area contributed by atoms with Crippen LogP contribution < -0.4 is 0 Å². The minimum absolute atomic E-state index is 0.925. The van der Waals surface area contributed by atoms with E-state index in [4.69, 9.17) is 0 Å². The van der Waals surface area contributed by atoms with E-state index in [1.807, 2.05) is 0 Å². The first-order valence-corrected chi connectivity index (χ1v) is 11.2. The summed E-state index contributed by atoms with van der Waals surface area (Å²) >= 11 is 13.4. The summed E-state index contributed by atoms with van der Waals surface area (Å²) in [6.45, 7) is 0. The summed E-state index contributed by atoms with van der Waals surface area (Å²) in [5, 5.41) is 3.00. The first-order valence-electron chi connectivity index (χ1n) is 5.21. The highest BCUT2D eigenvalue weighted by Crippen LogP contribution is 2.62. The third-order valence-corrected chi connectivity index (χ3v) is 12.4. The Bertz CT molecular complexity index is 211. The molecule has 0 aromatic carbocycles. The molecule has 4 saturated heterocycles.